The van der Waals surface area contributed by atoms with E-state index in [9.17, 15) is 4.79 Å². The zero-order valence-corrected chi connectivity index (χ0v) is 17.2. The third-order valence-electron chi connectivity index (χ3n) is 4.37. The van der Waals surface area contributed by atoms with Crippen molar-refractivity contribution < 1.29 is 9.42 Å². The van der Waals surface area contributed by atoms with E-state index in [1.165, 1.54) is 5.69 Å². The van der Waals surface area contributed by atoms with Gasteiger partial charge >= 0.3 is 0 Å². The van der Waals surface area contributed by atoms with Gasteiger partial charge in [-0.2, -0.15) is 9.78 Å². The van der Waals surface area contributed by atoms with E-state index in [1.807, 2.05) is 12.1 Å². The third-order valence-corrected chi connectivity index (χ3v) is 4.37. The van der Waals surface area contributed by atoms with Crippen LogP contribution >= 0.6 is 0 Å². The molecule has 3 N–H and O–H groups in total. The van der Waals surface area contributed by atoms with E-state index in [1.54, 1.807) is 13.1 Å². The molecule has 0 bridgehead atoms. The molecule has 3 rings (SSSR count). The highest BCUT2D eigenvalue weighted by molar-refractivity contribution is 5.94. The van der Waals surface area contributed by atoms with Crippen LogP contribution in [-0.4, -0.2) is 50.5 Å². The Morgan fingerprint density at radius 2 is 1.93 bits per heavy atom. The highest BCUT2D eigenvalue weighted by Gasteiger charge is 2.22. The van der Waals surface area contributed by atoms with Gasteiger partial charge in [-0.1, -0.05) is 31.2 Å². The predicted octanol–water partition coefficient (Wildman–Crippen LogP) is 1.93. The molecule has 158 valence electrons. The first-order valence-electron chi connectivity index (χ1n) is 9.74. The van der Waals surface area contributed by atoms with Crippen LogP contribution in [0, 0.1) is 6.92 Å². The molecule has 2 heterocycles. The van der Waals surface area contributed by atoms with Gasteiger partial charge in [0.15, 0.2) is 5.69 Å². The van der Waals surface area contributed by atoms with Gasteiger partial charge in [0.1, 0.15) is 0 Å². The Morgan fingerprint density at radius 1 is 1.23 bits per heavy atom. The summed E-state index contributed by atoms with van der Waals surface area (Å²) < 4.78 is 5.72. The first-order valence-corrected chi connectivity index (χ1v) is 9.74. The molecule has 0 fully saturated rings. The summed E-state index contributed by atoms with van der Waals surface area (Å²) in [5.41, 5.74) is 10.7. The minimum Gasteiger partial charge on any atom is -0.378 e. The largest absolute Gasteiger partial charge is 0.378 e. The molecular formula is C19H25N9O2. The van der Waals surface area contributed by atoms with Crippen LogP contribution in [0.15, 0.2) is 34.0 Å². The fourth-order valence-electron chi connectivity index (χ4n) is 3.00. The quantitative estimate of drug-likeness (QED) is 0.402. The molecule has 0 aliphatic heterocycles. The monoisotopic (exact) mass is 411 g/mol. The van der Waals surface area contributed by atoms with E-state index in [0.29, 0.717) is 5.69 Å². The number of hydrogen-bond donors (Lipinski definition) is 2. The number of aryl methyl sites for hydroxylation is 1. The number of carbonyl (C=O) groups is 1. The number of carbonyl (C=O) groups excluding carboxylic acids is 1. The molecular weight excluding hydrogens is 386 g/mol. The molecule has 0 atom stereocenters. The summed E-state index contributed by atoms with van der Waals surface area (Å²) >= 11 is 0. The van der Waals surface area contributed by atoms with Gasteiger partial charge in [-0.3, -0.25) is 4.79 Å². The van der Waals surface area contributed by atoms with E-state index in [4.69, 9.17) is 5.73 Å². The maximum absolute atomic E-state index is 12.6. The summed E-state index contributed by atoms with van der Waals surface area (Å²) in [6, 6.07) is 8.03. The van der Waals surface area contributed by atoms with Gasteiger partial charge in [0, 0.05) is 18.8 Å². The normalized spacial score (nSPS) is 11.2. The lowest BCUT2D eigenvalue weighted by Crippen LogP contribution is -2.24. The van der Waals surface area contributed by atoms with E-state index in [-0.39, 0.29) is 17.3 Å². The van der Waals surface area contributed by atoms with E-state index in [0.717, 1.165) is 36.2 Å². The minimum atomic E-state index is -0.509. The molecule has 30 heavy (non-hydrogen) atoms. The SMILES string of the molecule is CCCN(CCC)c1ccc(C=NNC(=O)c2c(C)nnn2-c2nonc2N)cc1. The van der Waals surface area contributed by atoms with Crippen LogP contribution in [0.3, 0.4) is 0 Å². The molecule has 0 aliphatic carbocycles. The number of nitrogen functional groups attached to an aromatic ring is 1. The van der Waals surface area contributed by atoms with Crippen molar-refractivity contribution in [2.75, 3.05) is 23.7 Å². The first-order chi connectivity index (χ1) is 14.5. The second kappa shape index (κ2) is 9.63. The molecule has 3 aromatic rings. The van der Waals surface area contributed by atoms with Crippen LogP contribution in [0.1, 0.15) is 48.4 Å². The van der Waals surface area contributed by atoms with Crippen LogP contribution in [0.5, 0.6) is 0 Å². The lowest BCUT2D eigenvalue weighted by Gasteiger charge is -2.23. The zero-order chi connectivity index (χ0) is 21.5. The van der Waals surface area contributed by atoms with Crippen LogP contribution in [-0.2, 0) is 0 Å². The van der Waals surface area contributed by atoms with Crippen LogP contribution in [0.4, 0.5) is 11.5 Å². The number of nitrogens with zero attached hydrogens (tertiary/aromatic N) is 7. The average Bonchev–Trinajstić information content (AvgIpc) is 3.33. The van der Waals surface area contributed by atoms with Crippen LogP contribution < -0.4 is 16.1 Å². The van der Waals surface area contributed by atoms with Gasteiger partial charge in [0.2, 0.25) is 11.6 Å². The Bertz CT molecular complexity index is 1000. The predicted molar refractivity (Wildman–Crippen MR) is 113 cm³/mol. The lowest BCUT2D eigenvalue weighted by molar-refractivity contribution is 0.0946. The number of hydrogen-bond acceptors (Lipinski definition) is 9. The van der Waals surface area contributed by atoms with Crippen molar-refractivity contribution >= 4 is 23.6 Å². The lowest BCUT2D eigenvalue weighted by atomic mass is 10.2. The van der Waals surface area contributed by atoms with Crippen molar-refractivity contribution in [1.82, 2.24) is 30.7 Å². The van der Waals surface area contributed by atoms with Gasteiger partial charge in [-0.05, 0) is 47.8 Å². The van der Waals surface area contributed by atoms with E-state index < -0.39 is 5.91 Å². The molecule has 2 aromatic heterocycles. The number of benzene rings is 1. The summed E-state index contributed by atoms with van der Waals surface area (Å²) in [6.45, 7) is 8.02. The number of aromatic nitrogens is 5. The van der Waals surface area contributed by atoms with Gasteiger partial charge in [-0.25, -0.2) is 10.1 Å². The summed E-state index contributed by atoms with van der Waals surface area (Å²) in [4.78, 5) is 14.9. The fraction of sp³-hybridized carbons (Fsp3) is 0.368. The number of hydrazone groups is 1. The number of rotatable bonds is 9. The summed E-state index contributed by atoms with van der Waals surface area (Å²) in [7, 11) is 0. The van der Waals surface area contributed by atoms with Crippen molar-refractivity contribution in [3.63, 3.8) is 0 Å². The third kappa shape index (κ3) is 4.62. The van der Waals surface area contributed by atoms with Crippen molar-refractivity contribution in [2.24, 2.45) is 5.10 Å². The topological polar surface area (TPSA) is 140 Å². The Labute approximate surface area is 173 Å². The smallest absolute Gasteiger partial charge is 0.292 e. The molecule has 0 unspecified atom stereocenters. The van der Waals surface area contributed by atoms with Gasteiger partial charge in [0.25, 0.3) is 5.91 Å². The minimum absolute atomic E-state index is 0.00210. The van der Waals surface area contributed by atoms with Crippen LogP contribution in [0.2, 0.25) is 0 Å². The molecule has 0 spiro atoms. The number of amides is 1. The highest BCUT2D eigenvalue weighted by Crippen LogP contribution is 2.16. The fourth-order valence-corrected chi connectivity index (χ4v) is 3.00. The molecule has 11 nitrogen and oxygen atoms in total. The zero-order valence-electron chi connectivity index (χ0n) is 17.2. The van der Waals surface area contributed by atoms with Gasteiger partial charge < -0.3 is 10.6 Å². The number of anilines is 2. The van der Waals surface area contributed by atoms with Crippen molar-refractivity contribution in [3.8, 4) is 5.82 Å². The first kappa shape index (κ1) is 21.0. The van der Waals surface area contributed by atoms with Crippen molar-refractivity contribution in [1.29, 1.82) is 0 Å². The van der Waals surface area contributed by atoms with Gasteiger partial charge in [-0.15, -0.1) is 5.10 Å². The van der Waals surface area contributed by atoms with Crippen molar-refractivity contribution in [2.45, 2.75) is 33.6 Å². The molecule has 0 saturated carbocycles. The van der Waals surface area contributed by atoms with Crippen molar-refractivity contribution in [3.05, 3.63) is 41.2 Å². The summed E-state index contributed by atoms with van der Waals surface area (Å²) in [6.07, 6.45) is 3.76. The molecule has 11 heteroatoms. The Hall–Kier alpha value is -3.76. The molecule has 1 amide bonds. The molecule has 0 aliphatic rings. The Kier molecular flexibility index (Phi) is 6.73. The van der Waals surface area contributed by atoms with Crippen LogP contribution in [0.25, 0.3) is 5.82 Å². The number of nitrogens with one attached hydrogen (secondary N) is 1. The summed E-state index contributed by atoms with van der Waals surface area (Å²) in [5.74, 6) is -0.424. The summed E-state index contributed by atoms with van der Waals surface area (Å²) in [5, 5.41) is 18.9. The Morgan fingerprint density at radius 3 is 2.53 bits per heavy atom. The molecule has 1 aromatic carbocycles. The standard InChI is InChI=1S/C19H25N9O2/c1-4-10-27(11-5-2)15-8-6-14(7-9-15)12-21-23-19(29)16-13(3)22-26-28(16)18-17(20)24-30-25-18/h6-9,12H,4-5,10-11H2,1-3H3,(H2,20,24)(H,23,29). The number of nitrogens with two attached hydrogens (primary N) is 1. The molecule has 0 saturated heterocycles. The van der Waals surface area contributed by atoms with E-state index in [2.05, 4.69) is 66.7 Å². The maximum atomic E-state index is 12.6. The second-order valence-corrected chi connectivity index (χ2v) is 6.69. The Balaban J connectivity index is 1.68. The molecule has 0 radical (unpaired) electrons. The maximum Gasteiger partial charge on any atom is 0.292 e. The van der Waals surface area contributed by atoms with Gasteiger partial charge in [0.05, 0.1) is 11.9 Å². The second-order valence-electron chi connectivity index (χ2n) is 6.69. The highest BCUT2D eigenvalue weighted by atomic mass is 16.6. The van der Waals surface area contributed by atoms with E-state index >= 15 is 0 Å². The average molecular weight is 411 g/mol.